The summed E-state index contributed by atoms with van der Waals surface area (Å²) in [6.45, 7) is 0.214. The highest BCUT2D eigenvalue weighted by atomic mass is 16.4. The van der Waals surface area contributed by atoms with E-state index in [0.29, 0.717) is 22.4 Å². The Labute approximate surface area is 129 Å². The molecule has 0 unspecified atom stereocenters. The number of imide groups is 1. The Kier molecular flexibility index (Phi) is 2.87. The number of rotatable bonds is 3. The molecule has 1 aliphatic heterocycles. The number of fused-ring (bicyclic) bond motifs is 2. The lowest BCUT2D eigenvalue weighted by molar-refractivity contribution is 0.0648. The summed E-state index contributed by atoms with van der Waals surface area (Å²) in [4.78, 5) is 41.7. The highest BCUT2D eigenvalue weighted by molar-refractivity contribution is 6.21. The number of carbonyl (C=O) groups excluding carboxylic acids is 2. The van der Waals surface area contributed by atoms with Crippen molar-refractivity contribution in [3.63, 3.8) is 0 Å². The average molecular weight is 309 g/mol. The summed E-state index contributed by atoms with van der Waals surface area (Å²) in [5.74, 6) is -1.26. The van der Waals surface area contributed by atoms with Crippen LogP contribution in [0.25, 0.3) is 11.2 Å². The molecule has 2 amide bonds. The van der Waals surface area contributed by atoms with E-state index in [2.05, 4.69) is 4.98 Å². The van der Waals surface area contributed by atoms with E-state index in [0.717, 1.165) is 4.90 Å². The van der Waals surface area contributed by atoms with Gasteiger partial charge in [0, 0.05) is 19.3 Å². The molecule has 7 heteroatoms. The van der Waals surface area contributed by atoms with Crippen LogP contribution in [0.3, 0.4) is 0 Å². The molecule has 7 nitrogen and oxygen atoms in total. The molecule has 0 N–H and O–H groups in total. The maximum Gasteiger partial charge on any atom is 0.421 e. The van der Waals surface area contributed by atoms with E-state index in [4.69, 9.17) is 4.42 Å². The molecule has 1 aliphatic rings. The lowest BCUT2D eigenvalue weighted by Crippen LogP contribution is -2.34. The Bertz CT molecular complexity index is 967. The molecule has 0 bridgehead atoms. The van der Waals surface area contributed by atoms with Gasteiger partial charge in [0.05, 0.1) is 11.1 Å². The van der Waals surface area contributed by atoms with Crippen molar-refractivity contribution in [2.75, 3.05) is 6.54 Å². The molecule has 0 aliphatic carbocycles. The van der Waals surface area contributed by atoms with Crippen LogP contribution in [0.5, 0.6) is 0 Å². The zero-order valence-corrected chi connectivity index (χ0v) is 11.9. The Morgan fingerprint density at radius 2 is 1.61 bits per heavy atom. The van der Waals surface area contributed by atoms with Crippen molar-refractivity contribution in [1.29, 1.82) is 0 Å². The summed E-state index contributed by atoms with van der Waals surface area (Å²) in [7, 11) is 0. The van der Waals surface area contributed by atoms with Gasteiger partial charge >= 0.3 is 5.76 Å². The van der Waals surface area contributed by atoms with Crippen LogP contribution in [-0.4, -0.2) is 32.8 Å². The summed E-state index contributed by atoms with van der Waals surface area (Å²) >= 11 is 0. The van der Waals surface area contributed by atoms with Crippen molar-refractivity contribution in [1.82, 2.24) is 14.5 Å². The van der Waals surface area contributed by atoms with Crippen LogP contribution in [0.1, 0.15) is 20.7 Å². The quantitative estimate of drug-likeness (QED) is 0.680. The van der Waals surface area contributed by atoms with Gasteiger partial charge in [-0.15, -0.1) is 0 Å². The second-order valence-electron chi connectivity index (χ2n) is 5.15. The standard InChI is InChI=1S/C16H11N3O4/c20-14-10-4-1-2-5-11(10)15(21)19(14)9-8-18-13-12(23-16(18)22)6-3-7-17-13/h1-7H,8-9H2. The fraction of sp³-hybridized carbons (Fsp3) is 0.125. The summed E-state index contributed by atoms with van der Waals surface area (Å²) < 4.78 is 6.40. The van der Waals surface area contributed by atoms with Gasteiger partial charge in [-0.1, -0.05) is 12.1 Å². The fourth-order valence-electron chi connectivity index (χ4n) is 2.74. The van der Waals surface area contributed by atoms with E-state index in [1.807, 2.05) is 0 Å². The van der Waals surface area contributed by atoms with Gasteiger partial charge in [0.1, 0.15) is 0 Å². The molecule has 0 atom stereocenters. The van der Waals surface area contributed by atoms with Crippen LogP contribution in [-0.2, 0) is 6.54 Å². The third kappa shape index (κ3) is 1.97. The second-order valence-corrected chi connectivity index (χ2v) is 5.15. The first kappa shape index (κ1) is 13.4. The second kappa shape index (κ2) is 4.91. The van der Waals surface area contributed by atoms with Crippen LogP contribution >= 0.6 is 0 Å². The topological polar surface area (TPSA) is 85.4 Å². The number of oxazole rings is 1. The van der Waals surface area contributed by atoms with E-state index in [1.54, 1.807) is 42.6 Å². The van der Waals surface area contributed by atoms with Crippen LogP contribution in [0.4, 0.5) is 0 Å². The highest BCUT2D eigenvalue weighted by Crippen LogP contribution is 2.22. The van der Waals surface area contributed by atoms with E-state index >= 15 is 0 Å². The van der Waals surface area contributed by atoms with E-state index in [-0.39, 0.29) is 24.9 Å². The van der Waals surface area contributed by atoms with Crippen molar-refractivity contribution in [2.24, 2.45) is 0 Å². The van der Waals surface area contributed by atoms with Crippen molar-refractivity contribution in [3.8, 4) is 0 Å². The van der Waals surface area contributed by atoms with Gasteiger partial charge in [-0.05, 0) is 24.3 Å². The van der Waals surface area contributed by atoms with Gasteiger partial charge in [-0.2, -0.15) is 0 Å². The summed E-state index contributed by atoms with van der Waals surface area (Å²) in [5, 5.41) is 0. The number of amides is 2. The number of benzene rings is 1. The Hall–Kier alpha value is -3.22. The normalized spacial score (nSPS) is 13.8. The van der Waals surface area contributed by atoms with E-state index in [1.165, 1.54) is 4.57 Å². The maximum atomic E-state index is 12.3. The molecule has 3 heterocycles. The predicted molar refractivity (Wildman–Crippen MR) is 80.1 cm³/mol. The fourth-order valence-corrected chi connectivity index (χ4v) is 2.74. The first-order valence-electron chi connectivity index (χ1n) is 7.06. The number of carbonyl (C=O) groups is 2. The van der Waals surface area contributed by atoms with Gasteiger partial charge in [0.2, 0.25) is 0 Å². The number of hydrogen-bond donors (Lipinski definition) is 0. The van der Waals surface area contributed by atoms with Crippen LogP contribution in [0, 0.1) is 0 Å². The Morgan fingerprint density at radius 3 is 2.30 bits per heavy atom. The van der Waals surface area contributed by atoms with Crippen LogP contribution in [0.15, 0.2) is 51.8 Å². The zero-order chi connectivity index (χ0) is 16.0. The minimum Gasteiger partial charge on any atom is -0.406 e. The molecular weight excluding hydrogens is 298 g/mol. The largest absolute Gasteiger partial charge is 0.421 e. The van der Waals surface area contributed by atoms with Gasteiger partial charge in [0.25, 0.3) is 11.8 Å². The van der Waals surface area contributed by atoms with Gasteiger partial charge in [0.15, 0.2) is 11.2 Å². The SMILES string of the molecule is O=C1c2ccccc2C(=O)N1CCn1c(=O)oc2cccnc21. The van der Waals surface area contributed by atoms with E-state index in [9.17, 15) is 14.4 Å². The van der Waals surface area contributed by atoms with Gasteiger partial charge < -0.3 is 4.42 Å². The molecule has 0 saturated heterocycles. The third-order valence-corrected chi connectivity index (χ3v) is 3.85. The molecule has 0 spiro atoms. The van der Waals surface area contributed by atoms with Crippen molar-refractivity contribution in [2.45, 2.75) is 6.54 Å². The molecule has 0 radical (unpaired) electrons. The number of pyridine rings is 1. The van der Waals surface area contributed by atoms with E-state index < -0.39 is 5.76 Å². The molecule has 0 saturated carbocycles. The first-order valence-corrected chi connectivity index (χ1v) is 7.06. The molecule has 3 aromatic rings. The van der Waals surface area contributed by atoms with Crippen LogP contribution in [0.2, 0.25) is 0 Å². The first-order chi connectivity index (χ1) is 11.2. The summed E-state index contributed by atoms with van der Waals surface area (Å²) in [6, 6.07) is 9.98. The average Bonchev–Trinajstić information content (AvgIpc) is 3.01. The minimum atomic E-state index is -0.560. The van der Waals surface area contributed by atoms with Crippen molar-refractivity contribution < 1.29 is 14.0 Å². The molecule has 2 aromatic heterocycles. The minimum absolute atomic E-state index is 0.0808. The number of nitrogens with zero attached hydrogens (tertiary/aromatic N) is 3. The predicted octanol–water partition coefficient (Wildman–Crippen LogP) is 1.29. The number of hydrogen-bond acceptors (Lipinski definition) is 5. The summed E-state index contributed by atoms with van der Waals surface area (Å²) in [6.07, 6.45) is 1.55. The smallest absolute Gasteiger partial charge is 0.406 e. The van der Waals surface area contributed by atoms with Crippen molar-refractivity contribution in [3.05, 3.63) is 64.3 Å². The number of aromatic nitrogens is 2. The van der Waals surface area contributed by atoms with Crippen molar-refractivity contribution >= 4 is 23.0 Å². The highest BCUT2D eigenvalue weighted by Gasteiger charge is 2.34. The van der Waals surface area contributed by atoms with Gasteiger partial charge in [-0.25, -0.2) is 9.78 Å². The molecule has 1 aromatic carbocycles. The Morgan fingerprint density at radius 1 is 0.913 bits per heavy atom. The molecule has 4 rings (SSSR count). The lowest BCUT2D eigenvalue weighted by atomic mass is 10.1. The summed E-state index contributed by atoms with van der Waals surface area (Å²) in [5.41, 5.74) is 1.55. The molecular formula is C16H11N3O4. The van der Waals surface area contributed by atoms with Crippen LogP contribution < -0.4 is 5.76 Å². The zero-order valence-electron chi connectivity index (χ0n) is 11.9. The van der Waals surface area contributed by atoms with Gasteiger partial charge in [-0.3, -0.25) is 19.1 Å². The maximum absolute atomic E-state index is 12.3. The third-order valence-electron chi connectivity index (χ3n) is 3.85. The monoisotopic (exact) mass is 309 g/mol. The lowest BCUT2D eigenvalue weighted by Gasteiger charge is -2.13. The molecule has 114 valence electrons. The molecule has 0 fully saturated rings. The molecule has 23 heavy (non-hydrogen) atoms. The Balaban J connectivity index is 1.63.